The van der Waals surface area contributed by atoms with Crippen LogP contribution in [0.15, 0.2) is 333 Å². The molecule has 5 aromatic heterocycles. The molecule has 0 radical (unpaired) electrons. The number of para-hydroxylation sites is 1. The third-order valence-electron chi connectivity index (χ3n) is 22.0. The van der Waals surface area contributed by atoms with Gasteiger partial charge in [-0.25, -0.2) is 0 Å². The number of aromatic amines is 4. The van der Waals surface area contributed by atoms with E-state index in [0.717, 1.165) is 55.5 Å². The van der Waals surface area contributed by atoms with Gasteiger partial charge in [0, 0.05) is 78.0 Å². The molecular formula is C102H71N25O9. The van der Waals surface area contributed by atoms with Crippen LogP contribution in [0.1, 0.15) is 76.2 Å². The zero-order valence-electron chi connectivity index (χ0n) is 71.9. The van der Waals surface area contributed by atoms with E-state index in [9.17, 15) is 44.9 Å². The highest BCUT2D eigenvalue weighted by atomic mass is 16.5. The first-order valence-electron chi connectivity index (χ1n) is 41.7. The van der Waals surface area contributed by atoms with Crippen molar-refractivity contribution >= 4 is 179 Å². The molecule has 0 unspecified atom stereocenters. The Balaban J connectivity index is 0.000000126. The van der Waals surface area contributed by atoms with Crippen LogP contribution >= 0.6 is 0 Å². The number of ether oxygens (including phenoxy) is 1. The Bertz CT molecular complexity index is 8460. The summed E-state index contributed by atoms with van der Waals surface area (Å²) in [5.74, 6) is -1.92. The SMILES string of the molecule is CCn1c2ccccc2c2cc(NC(=O)c3cc4ccccc4c(N=Nc4[nH]ncc4C#N)c3O)ccc21.COc1ccc(NC(=O)c2cc3cccc(C)c3c(N=Nc3[nH]ncc3C#N)c2O)cc1.N#Cc1cn[nH]c1N=Nc1c(O)c(C(=O)Nc2ccc3ccccc3c2)cc2ccccc12.N#Cc1cn[nH]c1N=Nc1c(O)c(C(=O)Nc2cccc3ccccc23)cc2ccccc12. The van der Waals surface area contributed by atoms with Gasteiger partial charge in [-0.1, -0.05) is 176 Å². The van der Waals surface area contributed by atoms with Gasteiger partial charge in [0.2, 0.25) is 0 Å². The number of phenolic OH excluding ortho intramolecular Hbond substituents is 4. The van der Waals surface area contributed by atoms with Crippen molar-refractivity contribution in [2.75, 3.05) is 28.4 Å². The number of phenols is 4. The first-order chi connectivity index (χ1) is 66.4. The maximum Gasteiger partial charge on any atom is 0.259 e. The molecule has 0 bridgehead atoms. The Kier molecular flexibility index (Phi) is 25.3. The largest absolute Gasteiger partial charge is 0.505 e. The molecule has 0 spiro atoms. The summed E-state index contributed by atoms with van der Waals surface area (Å²) in [7, 11) is 1.56. The van der Waals surface area contributed by atoms with Crippen LogP contribution in [-0.4, -0.2) is 96.5 Å². The lowest BCUT2D eigenvalue weighted by molar-refractivity contribution is 0.101. The molecule has 20 rings (SSSR count). The second-order valence-corrected chi connectivity index (χ2v) is 30.2. The van der Waals surface area contributed by atoms with Crippen molar-refractivity contribution in [3.63, 3.8) is 0 Å². The van der Waals surface area contributed by atoms with Crippen LogP contribution in [0.2, 0.25) is 0 Å². The molecule has 658 valence electrons. The number of rotatable bonds is 18. The summed E-state index contributed by atoms with van der Waals surface area (Å²) in [6.07, 6.45) is 5.33. The van der Waals surface area contributed by atoms with Crippen molar-refractivity contribution in [1.82, 2.24) is 45.4 Å². The number of aromatic hydroxyl groups is 4. The van der Waals surface area contributed by atoms with Crippen LogP contribution in [0.4, 0.5) is 68.8 Å². The smallest absolute Gasteiger partial charge is 0.259 e. The standard InChI is InChI=1S/C29H21N7O2.2C25H16N6O2.C23H18N6O3/c1-2-36-24-10-6-5-9-21(24)22-14-19(11-12-25(22)36)32-29(38)23-13-17-7-3-4-8-20(17)26(27(23)37)33-35-28-18(15-30)16-31-34-28;26-13-17-14-27-30-24(17)31-29-22-19-10-4-2-7-16(19)12-20(23(22)32)25(33)28-21-11-5-8-15-6-1-3-9-18(15)21;26-13-18-14-27-30-24(18)31-29-22-20-8-4-3-7-17(20)12-21(23(22)32)25(33)28-19-10-9-15-5-1-2-6-16(15)11-19;1-13-4-3-5-14-10-18(23(31)26-16-6-8-17(32-2)9-7-16)21(30)20(19(13)14)27-29-22-15(11-24)12-25-28-22/h3-14,16,37H,2H2,1H3,(H,31,34)(H,32,38);2*1-12,14,32H,(H,27,30)(H,28,33);3-10,12,30H,1-2H3,(H,25,28)(H,26,31). The zero-order chi connectivity index (χ0) is 94.5. The summed E-state index contributed by atoms with van der Waals surface area (Å²) in [6, 6.07) is 89.1. The van der Waals surface area contributed by atoms with Gasteiger partial charge < -0.3 is 51.0 Å². The van der Waals surface area contributed by atoms with Gasteiger partial charge in [-0.05, 0) is 148 Å². The van der Waals surface area contributed by atoms with Crippen molar-refractivity contribution < 1.29 is 44.3 Å². The molecule has 0 aliphatic heterocycles. The number of nitrogens with one attached hydrogen (secondary N) is 8. The Morgan fingerprint density at radius 2 is 0.699 bits per heavy atom. The molecule has 20 aromatic rings. The van der Waals surface area contributed by atoms with E-state index in [1.807, 2.05) is 189 Å². The number of carbonyl (C=O) groups excluding carboxylic acids is 4. The van der Waals surface area contributed by atoms with Crippen molar-refractivity contribution in [2.24, 2.45) is 40.9 Å². The van der Waals surface area contributed by atoms with Crippen molar-refractivity contribution in [2.45, 2.75) is 20.4 Å². The van der Waals surface area contributed by atoms with Crippen molar-refractivity contribution in [3.05, 3.63) is 342 Å². The van der Waals surface area contributed by atoms with E-state index >= 15 is 0 Å². The minimum atomic E-state index is -0.508. The lowest BCUT2D eigenvalue weighted by atomic mass is 9.99. The molecule has 136 heavy (non-hydrogen) atoms. The highest BCUT2D eigenvalue weighted by Gasteiger charge is 2.26. The number of H-pyrrole nitrogens is 4. The molecule has 34 nitrogen and oxygen atoms in total. The molecule has 0 saturated heterocycles. The fourth-order valence-corrected chi connectivity index (χ4v) is 15.3. The van der Waals surface area contributed by atoms with Gasteiger partial charge in [-0.3, -0.25) is 39.6 Å². The van der Waals surface area contributed by atoms with Gasteiger partial charge in [-0.2, -0.15) is 41.4 Å². The topological polar surface area (TPSA) is 520 Å². The molecule has 0 saturated carbocycles. The number of azo groups is 4. The molecule has 34 heteroatoms. The second kappa shape index (κ2) is 39.1. The van der Waals surface area contributed by atoms with Crippen LogP contribution < -0.4 is 26.0 Å². The lowest BCUT2D eigenvalue weighted by Crippen LogP contribution is -2.12. The van der Waals surface area contributed by atoms with Crippen LogP contribution in [0.5, 0.6) is 28.7 Å². The second-order valence-electron chi connectivity index (χ2n) is 30.2. The Labute approximate surface area is 769 Å². The first-order valence-corrected chi connectivity index (χ1v) is 41.7. The third kappa shape index (κ3) is 18.2. The van der Waals surface area contributed by atoms with Gasteiger partial charge in [0.05, 0.1) is 54.2 Å². The maximum absolute atomic E-state index is 13.4. The zero-order valence-corrected chi connectivity index (χ0v) is 71.9. The molecule has 15 aromatic carbocycles. The van der Waals surface area contributed by atoms with E-state index in [0.29, 0.717) is 71.6 Å². The number of hydrogen-bond donors (Lipinski definition) is 12. The minimum Gasteiger partial charge on any atom is -0.505 e. The highest BCUT2D eigenvalue weighted by molar-refractivity contribution is 6.18. The summed E-state index contributed by atoms with van der Waals surface area (Å²) in [5, 5.41) is 162. The van der Waals surface area contributed by atoms with E-state index in [2.05, 4.69) is 127 Å². The molecule has 0 aliphatic rings. The summed E-state index contributed by atoms with van der Waals surface area (Å²) in [4.78, 5) is 52.7. The van der Waals surface area contributed by atoms with Crippen LogP contribution in [-0.2, 0) is 6.54 Å². The van der Waals surface area contributed by atoms with Gasteiger partial charge >= 0.3 is 0 Å². The number of aromatic nitrogens is 9. The van der Waals surface area contributed by atoms with E-state index in [-0.39, 0.29) is 114 Å². The van der Waals surface area contributed by atoms with E-state index in [1.54, 1.807) is 104 Å². The molecule has 0 fully saturated rings. The third-order valence-corrected chi connectivity index (χ3v) is 22.0. The van der Waals surface area contributed by atoms with E-state index in [1.165, 1.54) is 24.8 Å². The number of aryl methyl sites for hydroxylation is 2. The monoisotopic (exact) mass is 1790 g/mol. The lowest BCUT2D eigenvalue weighted by Gasteiger charge is -2.12. The fourth-order valence-electron chi connectivity index (χ4n) is 15.3. The fraction of sp³-hybridized carbons (Fsp3) is 0.0392. The Morgan fingerprint density at radius 1 is 0.346 bits per heavy atom. The van der Waals surface area contributed by atoms with Crippen LogP contribution in [0, 0.1) is 52.2 Å². The summed E-state index contributed by atoms with van der Waals surface area (Å²) in [5.41, 5.74) is 6.98. The average molecular weight is 1790 g/mol. The highest BCUT2D eigenvalue weighted by Crippen LogP contribution is 2.46. The quantitative estimate of drug-likeness (QED) is 0.0355. The number of amides is 4. The van der Waals surface area contributed by atoms with Crippen LogP contribution in [0.3, 0.4) is 0 Å². The van der Waals surface area contributed by atoms with Gasteiger partial charge in [0.15, 0.2) is 46.3 Å². The van der Waals surface area contributed by atoms with Crippen molar-refractivity contribution in [3.8, 4) is 53.0 Å². The molecule has 5 heterocycles. The molecular weight excluding hydrogens is 1720 g/mol. The summed E-state index contributed by atoms with van der Waals surface area (Å²) < 4.78 is 7.36. The predicted molar refractivity (Wildman–Crippen MR) is 515 cm³/mol. The molecule has 12 N–H and O–H groups in total. The Hall–Kier alpha value is -20.3. The van der Waals surface area contributed by atoms with Crippen LogP contribution in [0.25, 0.3) is 86.4 Å². The normalized spacial score (nSPS) is 11.2. The number of hydrogen-bond acceptors (Lipinski definition) is 25. The minimum absolute atomic E-state index is 0.0398. The number of anilines is 4. The number of nitriles is 4. The number of benzene rings is 15. The number of nitrogens with zero attached hydrogens (tertiary/aromatic N) is 17. The molecule has 0 atom stereocenters. The van der Waals surface area contributed by atoms with Gasteiger partial charge in [0.25, 0.3) is 23.6 Å². The average Bonchev–Trinajstić information content (AvgIpc) is 1.69. The van der Waals surface area contributed by atoms with E-state index in [4.69, 9.17) is 20.5 Å². The summed E-state index contributed by atoms with van der Waals surface area (Å²) >= 11 is 0. The number of fused-ring (bicyclic) bond motifs is 9. The van der Waals surface area contributed by atoms with Crippen molar-refractivity contribution in [1.29, 1.82) is 21.0 Å². The Morgan fingerprint density at radius 3 is 1.17 bits per heavy atom. The number of methoxy groups -OCH3 is 1. The number of carbonyl (C=O) groups is 4. The molecule has 0 aliphatic carbocycles. The maximum atomic E-state index is 13.4. The van der Waals surface area contributed by atoms with Gasteiger partial charge in [-0.15, -0.1) is 40.9 Å². The first kappa shape index (κ1) is 87.8. The van der Waals surface area contributed by atoms with E-state index < -0.39 is 23.6 Å². The predicted octanol–water partition coefficient (Wildman–Crippen LogP) is 24.0. The van der Waals surface area contributed by atoms with Gasteiger partial charge in [0.1, 0.15) is 75.0 Å². The summed E-state index contributed by atoms with van der Waals surface area (Å²) in [6.45, 7) is 4.80. The molecule has 4 amide bonds.